The quantitative estimate of drug-likeness (QED) is 0.808. The fraction of sp³-hybridized carbons (Fsp3) is 0. The summed E-state index contributed by atoms with van der Waals surface area (Å²) in [5.74, 6) is -0.423. The summed E-state index contributed by atoms with van der Waals surface area (Å²) in [5, 5.41) is 10.4. The van der Waals surface area contributed by atoms with Crippen LogP contribution in [-0.2, 0) is 0 Å². The summed E-state index contributed by atoms with van der Waals surface area (Å²) in [7, 11) is 0. The summed E-state index contributed by atoms with van der Waals surface area (Å²) in [4.78, 5) is 25.4. The lowest BCUT2D eigenvalue weighted by atomic mass is 10.2. The zero-order chi connectivity index (χ0) is 16.4. The molecule has 1 aromatic heterocycles. The van der Waals surface area contributed by atoms with Crippen LogP contribution in [0.2, 0.25) is 0 Å². The van der Waals surface area contributed by atoms with Crippen molar-refractivity contribution < 1.29 is 5.11 Å². The topological polar surface area (TPSA) is 64.2 Å². The molecule has 0 radical (unpaired) electrons. The minimum atomic E-state index is -0.643. The monoisotopic (exact) mass is 306 g/mol. The van der Waals surface area contributed by atoms with Gasteiger partial charge in [-0.25, -0.2) is 13.9 Å². The summed E-state index contributed by atoms with van der Waals surface area (Å²) in [5.41, 5.74) is -0.397. The highest BCUT2D eigenvalue weighted by Crippen LogP contribution is 2.18. The fourth-order valence-corrected chi connectivity index (χ4v) is 2.41. The van der Waals surface area contributed by atoms with Gasteiger partial charge in [0.15, 0.2) is 0 Å². The third-order valence-electron chi connectivity index (χ3n) is 3.50. The molecule has 0 bridgehead atoms. The standard InChI is InChI=1S/C18H14N2O3/c1-2-15-16(21)19(13-9-5-3-6-10-13)18(23)20(17(15)22)14-11-7-4-8-12-14/h2-12,21H,1H2. The highest BCUT2D eigenvalue weighted by molar-refractivity contribution is 5.54. The maximum Gasteiger partial charge on any atom is 0.343 e. The summed E-state index contributed by atoms with van der Waals surface area (Å²) in [6.07, 6.45) is 1.25. The first-order chi connectivity index (χ1) is 11.1. The molecule has 0 saturated heterocycles. The van der Waals surface area contributed by atoms with Crippen LogP contribution in [-0.4, -0.2) is 14.2 Å². The number of aromatic nitrogens is 2. The van der Waals surface area contributed by atoms with Crippen LogP contribution < -0.4 is 11.2 Å². The van der Waals surface area contributed by atoms with Gasteiger partial charge in [0.25, 0.3) is 5.56 Å². The van der Waals surface area contributed by atoms with E-state index in [1.165, 1.54) is 6.08 Å². The lowest BCUT2D eigenvalue weighted by molar-refractivity contribution is 0.426. The SMILES string of the molecule is C=Cc1c(O)n(-c2ccccc2)c(=O)n(-c2ccccc2)c1=O. The molecule has 0 saturated carbocycles. The fourth-order valence-electron chi connectivity index (χ4n) is 2.41. The van der Waals surface area contributed by atoms with Crippen molar-refractivity contribution >= 4 is 6.08 Å². The van der Waals surface area contributed by atoms with Crippen LogP contribution in [0.4, 0.5) is 0 Å². The predicted molar refractivity (Wildman–Crippen MR) is 89.4 cm³/mol. The Labute approximate surface area is 132 Å². The average molecular weight is 306 g/mol. The third kappa shape index (κ3) is 2.38. The highest BCUT2D eigenvalue weighted by Gasteiger charge is 2.18. The Hall–Kier alpha value is -3.34. The molecule has 1 N–H and O–H groups in total. The van der Waals surface area contributed by atoms with Crippen molar-refractivity contribution in [1.29, 1.82) is 0 Å². The smallest absolute Gasteiger partial charge is 0.343 e. The number of nitrogens with zero attached hydrogens (tertiary/aromatic N) is 2. The van der Waals surface area contributed by atoms with Gasteiger partial charge in [-0.3, -0.25) is 4.79 Å². The molecule has 23 heavy (non-hydrogen) atoms. The first kappa shape index (κ1) is 14.6. The Morgan fingerprint density at radius 3 is 1.78 bits per heavy atom. The van der Waals surface area contributed by atoms with Crippen molar-refractivity contribution in [3.8, 4) is 17.3 Å². The second kappa shape index (κ2) is 5.81. The molecule has 0 aliphatic rings. The number of hydrogen-bond donors (Lipinski definition) is 1. The van der Waals surface area contributed by atoms with Crippen LogP contribution in [0.3, 0.4) is 0 Å². The minimum absolute atomic E-state index is 0.0303. The van der Waals surface area contributed by atoms with E-state index in [2.05, 4.69) is 6.58 Å². The minimum Gasteiger partial charge on any atom is -0.494 e. The Bertz CT molecular complexity index is 971. The van der Waals surface area contributed by atoms with E-state index in [-0.39, 0.29) is 5.56 Å². The molecule has 5 nitrogen and oxygen atoms in total. The number of aromatic hydroxyl groups is 1. The van der Waals surface area contributed by atoms with E-state index >= 15 is 0 Å². The molecule has 2 aromatic carbocycles. The van der Waals surface area contributed by atoms with Gasteiger partial charge in [0.1, 0.15) is 5.56 Å². The maximum absolute atomic E-state index is 12.8. The largest absolute Gasteiger partial charge is 0.494 e. The van der Waals surface area contributed by atoms with Crippen LogP contribution in [0.25, 0.3) is 17.5 Å². The molecule has 0 aliphatic heterocycles. The number of rotatable bonds is 3. The highest BCUT2D eigenvalue weighted by atomic mass is 16.3. The van der Waals surface area contributed by atoms with Gasteiger partial charge in [0.2, 0.25) is 5.88 Å². The van der Waals surface area contributed by atoms with Crippen molar-refractivity contribution in [1.82, 2.24) is 9.13 Å². The predicted octanol–water partition coefficient (Wildman–Crippen LogP) is 2.34. The first-order valence-electron chi connectivity index (χ1n) is 6.99. The summed E-state index contributed by atoms with van der Waals surface area (Å²) in [6.45, 7) is 3.56. The van der Waals surface area contributed by atoms with Crippen LogP contribution in [0.15, 0.2) is 76.8 Å². The van der Waals surface area contributed by atoms with Gasteiger partial charge in [-0.2, -0.15) is 0 Å². The molecule has 5 heteroatoms. The molecular weight excluding hydrogens is 292 g/mol. The second-order valence-electron chi connectivity index (χ2n) is 4.87. The van der Waals surface area contributed by atoms with Crippen molar-refractivity contribution in [2.75, 3.05) is 0 Å². The van der Waals surface area contributed by atoms with Crippen LogP contribution in [0, 0.1) is 0 Å². The number of para-hydroxylation sites is 2. The Kier molecular flexibility index (Phi) is 3.68. The van der Waals surface area contributed by atoms with Gasteiger partial charge in [0, 0.05) is 0 Å². The van der Waals surface area contributed by atoms with E-state index in [1.807, 2.05) is 0 Å². The van der Waals surface area contributed by atoms with Crippen molar-refractivity contribution in [3.05, 3.63) is 93.6 Å². The Balaban J connectivity index is 2.46. The lowest BCUT2D eigenvalue weighted by Gasteiger charge is -2.14. The molecule has 0 amide bonds. The van der Waals surface area contributed by atoms with Crippen LogP contribution >= 0.6 is 0 Å². The molecule has 114 valence electrons. The molecule has 3 rings (SSSR count). The summed E-state index contributed by atoms with van der Waals surface area (Å²) >= 11 is 0. The summed E-state index contributed by atoms with van der Waals surface area (Å²) in [6, 6.07) is 17.2. The van der Waals surface area contributed by atoms with Gasteiger partial charge in [-0.15, -0.1) is 0 Å². The molecule has 1 heterocycles. The van der Waals surface area contributed by atoms with Gasteiger partial charge in [-0.1, -0.05) is 49.1 Å². The zero-order valence-corrected chi connectivity index (χ0v) is 12.2. The molecule has 0 fully saturated rings. The zero-order valence-electron chi connectivity index (χ0n) is 12.2. The van der Waals surface area contributed by atoms with Gasteiger partial charge >= 0.3 is 5.69 Å². The maximum atomic E-state index is 12.8. The average Bonchev–Trinajstić information content (AvgIpc) is 2.57. The molecule has 0 atom stereocenters. The van der Waals surface area contributed by atoms with E-state index in [0.29, 0.717) is 11.4 Å². The van der Waals surface area contributed by atoms with Crippen LogP contribution in [0.1, 0.15) is 5.56 Å². The molecule has 0 aliphatic carbocycles. The summed E-state index contributed by atoms with van der Waals surface area (Å²) < 4.78 is 2.11. The lowest BCUT2D eigenvalue weighted by Crippen LogP contribution is -2.39. The van der Waals surface area contributed by atoms with Crippen molar-refractivity contribution in [2.24, 2.45) is 0 Å². The van der Waals surface area contributed by atoms with E-state index < -0.39 is 17.1 Å². The molecule has 0 unspecified atom stereocenters. The molecule has 3 aromatic rings. The van der Waals surface area contributed by atoms with E-state index in [9.17, 15) is 14.7 Å². The van der Waals surface area contributed by atoms with Gasteiger partial charge < -0.3 is 5.11 Å². The van der Waals surface area contributed by atoms with Gasteiger partial charge in [0.05, 0.1) is 11.4 Å². The third-order valence-corrected chi connectivity index (χ3v) is 3.50. The second-order valence-corrected chi connectivity index (χ2v) is 4.87. The van der Waals surface area contributed by atoms with Crippen molar-refractivity contribution in [2.45, 2.75) is 0 Å². The van der Waals surface area contributed by atoms with E-state index in [4.69, 9.17) is 0 Å². The number of hydrogen-bond acceptors (Lipinski definition) is 3. The Morgan fingerprint density at radius 1 is 0.826 bits per heavy atom. The van der Waals surface area contributed by atoms with Crippen molar-refractivity contribution in [3.63, 3.8) is 0 Å². The van der Waals surface area contributed by atoms with Gasteiger partial charge in [-0.05, 0) is 24.3 Å². The van der Waals surface area contributed by atoms with Crippen LogP contribution in [0.5, 0.6) is 5.88 Å². The Morgan fingerprint density at radius 2 is 1.30 bits per heavy atom. The van der Waals surface area contributed by atoms with E-state index in [0.717, 1.165) is 9.13 Å². The number of benzene rings is 2. The first-order valence-corrected chi connectivity index (χ1v) is 6.99. The molecular formula is C18H14N2O3. The van der Waals surface area contributed by atoms with E-state index in [1.54, 1.807) is 60.7 Å². The molecule has 0 spiro atoms. The normalized spacial score (nSPS) is 10.4.